The van der Waals surface area contributed by atoms with Crippen molar-refractivity contribution in [3.8, 4) is 0 Å². The fourth-order valence-electron chi connectivity index (χ4n) is 3.67. The Balaban J connectivity index is 1.66. The molecular formula is C18H16Cl2N2O2S. The first kappa shape index (κ1) is 16.9. The highest BCUT2D eigenvalue weighted by Gasteiger charge is 2.39. The van der Waals surface area contributed by atoms with Crippen LogP contribution in [0.1, 0.15) is 33.1 Å². The van der Waals surface area contributed by atoms with E-state index in [1.165, 1.54) is 11.1 Å². The van der Waals surface area contributed by atoms with Crippen LogP contribution in [0.4, 0.5) is 0 Å². The molecule has 1 aromatic heterocycles. The molecule has 7 heteroatoms. The van der Waals surface area contributed by atoms with Gasteiger partial charge < -0.3 is 9.80 Å². The number of carbonyl (C=O) groups is 2. The van der Waals surface area contributed by atoms with E-state index in [4.69, 9.17) is 23.2 Å². The van der Waals surface area contributed by atoms with Crippen LogP contribution >= 0.6 is 34.5 Å². The quantitative estimate of drug-likeness (QED) is 0.734. The molecule has 130 valence electrons. The van der Waals surface area contributed by atoms with Crippen molar-refractivity contribution in [1.29, 1.82) is 0 Å². The van der Waals surface area contributed by atoms with Crippen molar-refractivity contribution in [2.24, 2.45) is 0 Å². The molecule has 0 aliphatic carbocycles. The topological polar surface area (TPSA) is 40.6 Å². The SMILES string of the molecule is Cc1ccc2c(c1)CCN1C(=O)CN(C(=O)c3cc(Cl)sc3Cl)CC21. The Kier molecular flexibility index (Phi) is 4.26. The molecule has 0 bridgehead atoms. The summed E-state index contributed by atoms with van der Waals surface area (Å²) in [5.41, 5.74) is 3.98. The van der Waals surface area contributed by atoms with E-state index < -0.39 is 0 Å². The average molecular weight is 395 g/mol. The number of fused-ring (bicyclic) bond motifs is 3. The van der Waals surface area contributed by atoms with Gasteiger partial charge >= 0.3 is 0 Å². The fraction of sp³-hybridized carbons (Fsp3) is 0.333. The van der Waals surface area contributed by atoms with Crippen LogP contribution in [-0.2, 0) is 11.2 Å². The zero-order valence-corrected chi connectivity index (χ0v) is 15.9. The van der Waals surface area contributed by atoms with Crippen molar-refractivity contribution in [3.05, 3.63) is 55.2 Å². The molecule has 0 saturated carbocycles. The van der Waals surface area contributed by atoms with Gasteiger partial charge in [0.15, 0.2) is 0 Å². The molecule has 0 N–H and O–H groups in total. The summed E-state index contributed by atoms with van der Waals surface area (Å²) < 4.78 is 0.835. The van der Waals surface area contributed by atoms with Crippen molar-refractivity contribution in [3.63, 3.8) is 0 Å². The molecule has 2 aliphatic heterocycles. The molecule has 1 aromatic carbocycles. The molecule has 1 saturated heterocycles. The van der Waals surface area contributed by atoms with E-state index in [-0.39, 0.29) is 24.4 Å². The first-order chi connectivity index (χ1) is 11.9. The van der Waals surface area contributed by atoms with Gasteiger partial charge in [-0.25, -0.2) is 0 Å². The van der Waals surface area contributed by atoms with Crippen LogP contribution in [0.5, 0.6) is 0 Å². The van der Waals surface area contributed by atoms with E-state index >= 15 is 0 Å². The Morgan fingerprint density at radius 3 is 2.80 bits per heavy atom. The van der Waals surface area contributed by atoms with Crippen LogP contribution in [0.15, 0.2) is 24.3 Å². The van der Waals surface area contributed by atoms with Gasteiger partial charge in [0.2, 0.25) is 5.91 Å². The summed E-state index contributed by atoms with van der Waals surface area (Å²) in [5.74, 6) is -0.256. The van der Waals surface area contributed by atoms with Gasteiger partial charge in [-0.15, -0.1) is 11.3 Å². The second-order valence-corrected chi connectivity index (χ2v) is 8.76. The van der Waals surface area contributed by atoms with Gasteiger partial charge in [0.05, 0.1) is 15.9 Å². The van der Waals surface area contributed by atoms with Crippen molar-refractivity contribution in [1.82, 2.24) is 9.80 Å². The minimum absolute atomic E-state index is 0.0201. The number of benzene rings is 1. The van der Waals surface area contributed by atoms with E-state index in [0.29, 0.717) is 27.3 Å². The zero-order valence-electron chi connectivity index (χ0n) is 13.6. The number of thiophene rings is 1. The number of hydrogen-bond acceptors (Lipinski definition) is 3. The van der Waals surface area contributed by atoms with Gasteiger partial charge in [-0.1, -0.05) is 47.0 Å². The molecule has 1 fully saturated rings. The first-order valence-corrected chi connectivity index (χ1v) is 9.64. The highest BCUT2D eigenvalue weighted by Crippen LogP contribution is 2.36. The van der Waals surface area contributed by atoms with E-state index in [1.807, 2.05) is 4.90 Å². The third kappa shape index (κ3) is 2.94. The first-order valence-electron chi connectivity index (χ1n) is 8.07. The lowest BCUT2D eigenvalue weighted by Crippen LogP contribution is -2.55. The number of halogens is 2. The van der Waals surface area contributed by atoms with Crippen molar-refractivity contribution in [2.75, 3.05) is 19.6 Å². The Labute approximate surface area is 159 Å². The number of piperazine rings is 1. The molecule has 0 spiro atoms. The minimum atomic E-state index is -0.236. The van der Waals surface area contributed by atoms with Crippen molar-refractivity contribution >= 4 is 46.4 Å². The van der Waals surface area contributed by atoms with Gasteiger partial charge in [0.25, 0.3) is 5.91 Å². The zero-order chi connectivity index (χ0) is 17.7. The van der Waals surface area contributed by atoms with Gasteiger partial charge in [-0.3, -0.25) is 9.59 Å². The standard InChI is InChI=1S/C18H16Cl2N2O2S/c1-10-2-3-12-11(6-10)4-5-22-14(12)8-21(9-16(22)23)18(24)13-7-15(19)25-17(13)20/h2-3,6-7,14H,4-5,8-9H2,1H3. The van der Waals surface area contributed by atoms with Gasteiger partial charge in [-0.05, 0) is 30.5 Å². The van der Waals surface area contributed by atoms with Crippen molar-refractivity contribution in [2.45, 2.75) is 19.4 Å². The summed E-state index contributed by atoms with van der Waals surface area (Å²) in [6.07, 6.45) is 0.860. The Morgan fingerprint density at radius 1 is 1.28 bits per heavy atom. The number of rotatable bonds is 1. The number of carbonyl (C=O) groups excluding carboxylic acids is 2. The maximum Gasteiger partial charge on any atom is 0.256 e. The molecule has 0 radical (unpaired) electrons. The predicted octanol–water partition coefficient (Wildman–Crippen LogP) is 3.95. The third-order valence-electron chi connectivity index (χ3n) is 4.87. The highest BCUT2D eigenvalue weighted by atomic mass is 35.5. The third-order valence-corrected chi connectivity index (χ3v) is 6.36. The number of amides is 2. The maximum absolute atomic E-state index is 12.8. The Bertz CT molecular complexity index is 880. The molecule has 2 aliphatic rings. The van der Waals surface area contributed by atoms with E-state index in [0.717, 1.165) is 23.3 Å². The summed E-state index contributed by atoms with van der Waals surface area (Å²) in [6.45, 7) is 3.33. The summed E-state index contributed by atoms with van der Waals surface area (Å²) in [7, 11) is 0. The van der Waals surface area contributed by atoms with Crippen LogP contribution in [0.2, 0.25) is 8.67 Å². The average Bonchev–Trinajstić information content (AvgIpc) is 2.91. The molecule has 1 unspecified atom stereocenters. The van der Waals surface area contributed by atoms with E-state index in [2.05, 4.69) is 25.1 Å². The Hall–Kier alpha value is -1.56. The second kappa shape index (κ2) is 6.31. The molecule has 2 amide bonds. The normalized spacial score (nSPS) is 19.6. The summed E-state index contributed by atoms with van der Waals surface area (Å²) in [5, 5.41) is 0. The van der Waals surface area contributed by atoms with E-state index in [1.54, 1.807) is 11.0 Å². The number of aryl methyl sites for hydroxylation is 1. The van der Waals surface area contributed by atoms with Crippen LogP contribution in [0.25, 0.3) is 0 Å². The van der Waals surface area contributed by atoms with Crippen LogP contribution in [0.3, 0.4) is 0 Å². The van der Waals surface area contributed by atoms with Crippen LogP contribution < -0.4 is 0 Å². The van der Waals surface area contributed by atoms with Crippen molar-refractivity contribution < 1.29 is 9.59 Å². The van der Waals surface area contributed by atoms with Gasteiger partial charge in [0.1, 0.15) is 10.9 Å². The molecule has 1 atom stereocenters. The molecule has 3 heterocycles. The Morgan fingerprint density at radius 2 is 2.08 bits per heavy atom. The molecular weight excluding hydrogens is 379 g/mol. The monoisotopic (exact) mass is 394 g/mol. The lowest BCUT2D eigenvalue weighted by molar-refractivity contribution is -0.139. The van der Waals surface area contributed by atoms with E-state index in [9.17, 15) is 9.59 Å². The highest BCUT2D eigenvalue weighted by molar-refractivity contribution is 7.20. The fourth-order valence-corrected chi connectivity index (χ4v) is 5.12. The van der Waals surface area contributed by atoms with Gasteiger partial charge in [-0.2, -0.15) is 0 Å². The smallest absolute Gasteiger partial charge is 0.256 e. The maximum atomic E-state index is 12.8. The minimum Gasteiger partial charge on any atom is -0.332 e. The molecule has 4 rings (SSSR count). The molecule has 2 aromatic rings. The lowest BCUT2D eigenvalue weighted by Gasteiger charge is -2.44. The van der Waals surface area contributed by atoms with Gasteiger partial charge in [0, 0.05) is 13.1 Å². The second-order valence-electron chi connectivity index (χ2n) is 6.48. The number of hydrogen-bond donors (Lipinski definition) is 0. The largest absolute Gasteiger partial charge is 0.332 e. The molecule has 4 nitrogen and oxygen atoms in total. The summed E-state index contributed by atoms with van der Waals surface area (Å²) in [4.78, 5) is 28.9. The summed E-state index contributed by atoms with van der Waals surface area (Å²) >= 11 is 13.2. The van der Waals surface area contributed by atoms with Crippen LogP contribution in [0, 0.1) is 6.92 Å². The van der Waals surface area contributed by atoms with Crippen LogP contribution in [-0.4, -0.2) is 41.2 Å². The predicted molar refractivity (Wildman–Crippen MR) is 99.6 cm³/mol. The number of nitrogens with zero attached hydrogens (tertiary/aromatic N) is 2. The molecule has 25 heavy (non-hydrogen) atoms. The summed E-state index contributed by atoms with van der Waals surface area (Å²) in [6, 6.07) is 7.79. The lowest BCUT2D eigenvalue weighted by atomic mass is 9.89.